The van der Waals surface area contributed by atoms with Crippen molar-refractivity contribution in [1.29, 1.82) is 0 Å². The molecule has 0 aromatic heterocycles. The summed E-state index contributed by atoms with van der Waals surface area (Å²) in [6.45, 7) is 13.2. The smallest absolute Gasteiger partial charge is 0.191 e. The van der Waals surface area contributed by atoms with Crippen molar-refractivity contribution in [2.24, 2.45) is 4.99 Å². The molecule has 2 aliphatic rings. The lowest BCUT2D eigenvalue weighted by Gasteiger charge is -2.38. The maximum Gasteiger partial charge on any atom is 0.191 e. The number of rotatable bonds is 8. The van der Waals surface area contributed by atoms with Gasteiger partial charge in [0.2, 0.25) is 0 Å². The molecule has 0 bridgehead atoms. The van der Waals surface area contributed by atoms with Gasteiger partial charge in [0.25, 0.3) is 0 Å². The van der Waals surface area contributed by atoms with E-state index in [0.29, 0.717) is 6.04 Å². The van der Waals surface area contributed by atoms with E-state index in [0.717, 1.165) is 50.9 Å². The highest BCUT2D eigenvalue weighted by atomic mass is 127. The highest BCUT2D eigenvalue weighted by Gasteiger charge is 2.37. The monoisotopic (exact) mass is 558 g/mol. The molecule has 0 spiro atoms. The minimum atomic E-state index is -0.0531. The fraction of sp³-hybridized carbons (Fsp3) is 0.720. The van der Waals surface area contributed by atoms with Crippen LogP contribution in [0.4, 0.5) is 0 Å². The minimum Gasteiger partial charge on any atom is -0.496 e. The van der Waals surface area contributed by atoms with Crippen molar-refractivity contribution >= 4 is 29.9 Å². The number of ether oxygens (including phenoxy) is 2. The number of guanidine groups is 1. The molecular formula is C25H43IN4O2. The van der Waals surface area contributed by atoms with Crippen LogP contribution in [0, 0.1) is 6.92 Å². The minimum absolute atomic E-state index is 0. The molecule has 2 heterocycles. The van der Waals surface area contributed by atoms with Crippen molar-refractivity contribution in [3.8, 4) is 5.75 Å². The van der Waals surface area contributed by atoms with Crippen molar-refractivity contribution in [3.05, 3.63) is 29.3 Å². The molecule has 2 N–H and O–H groups in total. The standard InChI is InChI=1S/C25H42N4O2.HI/c1-5-13-29-14-9-21(10-15-29)28-24(26-6-2)27-19-25(11-16-31-17-12-25)22-18-20(3)7-8-23(22)30-4;/h7-8,18,21H,5-6,9-17,19H2,1-4H3,(H2,26,27,28);1H. The molecule has 0 unspecified atom stereocenters. The maximum absolute atomic E-state index is 5.76. The summed E-state index contributed by atoms with van der Waals surface area (Å²) in [5, 5.41) is 7.19. The number of likely N-dealkylation sites (tertiary alicyclic amines) is 1. The van der Waals surface area contributed by atoms with Gasteiger partial charge in [-0.1, -0.05) is 24.6 Å². The summed E-state index contributed by atoms with van der Waals surface area (Å²) in [4.78, 5) is 7.68. The van der Waals surface area contributed by atoms with E-state index >= 15 is 0 Å². The molecule has 3 rings (SSSR count). The van der Waals surface area contributed by atoms with Gasteiger partial charge in [0, 0.05) is 49.9 Å². The molecule has 0 radical (unpaired) electrons. The number of halogens is 1. The lowest BCUT2D eigenvalue weighted by Crippen LogP contribution is -2.49. The second-order valence-corrected chi connectivity index (χ2v) is 9.05. The van der Waals surface area contributed by atoms with Crippen molar-refractivity contribution in [3.63, 3.8) is 0 Å². The first-order valence-corrected chi connectivity index (χ1v) is 12.1. The SMILES string of the molecule is CCCN1CCC(NC(=NCC2(c3cc(C)ccc3OC)CCOCC2)NCC)CC1.I. The third kappa shape index (κ3) is 7.22. The van der Waals surface area contributed by atoms with Crippen LogP contribution in [0.1, 0.15) is 57.1 Å². The number of hydrogen-bond donors (Lipinski definition) is 2. The van der Waals surface area contributed by atoms with Crippen LogP contribution in [0.5, 0.6) is 5.75 Å². The summed E-state index contributed by atoms with van der Waals surface area (Å²) in [6, 6.07) is 6.99. The average Bonchev–Trinajstić information content (AvgIpc) is 2.80. The molecule has 0 amide bonds. The lowest BCUT2D eigenvalue weighted by molar-refractivity contribution is 0.0522. The van der Waals surface area contributed by atoms with E-state index in [-0.39, 0.29) is 29.4 Å². The molecule has 1 aromatic carbocycles. The number of piperidine rings is 1. The summed E-state index contributed by atoms with van der Waals surface area (Å²) >= 11 is 0. The van der Waals surface area contributed by atoms with E-state index < -0.39 is 0 Å². The van der Waals surface area contributed by atoms with Crippen LogP contribution in [0.2, 0.25) is 0 Å². The van der Waals surface area contributed by atoms with Gasteiger partial charge in [-0.15, -0.1) is 24.0 Å². The van der Waals surface area contributed by atoms with Crippen molar-refractivity contribution in [2.45, 2.75) is 64.3 Å². The molecule has 7 heteroatoms. The zero-order valence-electron chi connectivity index (χ0n) is 20.4. The zero-order valence-corrected chi connectivity index (χ0v) is 22.7. The van der Waals surface area contributed by atoms with Gasteiger partial charge in [0.15, 0.2) is 5.96 Å². The Balaban J connectivity index is 0.00000363. The van der Waals surface area contributed by atoms with Crippen LogP contribution in [0.25, 0.3) is 0 Å². The van der Waals surface area contributed by atoms with Crippen LogP contribution in [0.15, 0.2) is 23.2 Å². The molecule has 2 saturated heterocycles. The highest BCUT2D eigenvalue weighted by molar-refractivity contribution is 14.0. The number of aliphatic imine (C=N–C) groups is 1. The van der Waals surface area contributed by atoms with Crippen molar-refractivity contribution in [2.75, 3.05) is 53.0 Å². The Morgan fingerprint density at radius 2 is 1.94 bits per heavy atom. The van der Waals surface area contributed by atoms with Crippen LogP contribution in [0.3, 0.4) is 0 Å². The van der Waals surface area contributed by atoms with Crippen LogP contribution < -0.4 is 15.4 Å². The van der Waals surface area contributed by atoms with Gasteiger partial charge in [-0.25, -0.2) is 0 Å². The number of aryl methyl sites for hydroxylation is 1. The van der Waals surface area contributed by atoms with Crippen molar-refractivity contribution in [1.82, 2.24) is 15.5 Å². The largest absolute Gasteiger partial charge is 0.496 e. The first-order valence-electron chi connectivity index (χ1n) is 12.1. The average molecular weight is 559 g/mol. The van der Waals surface area contributed by atoms with Gasteiger partial charge in [0.1, 0.15) is 5.75 Å². The third-order valence-corrected chi connectivity index (χ3v) is 6.73. The van der Waals surface area contributed by atoms with E-state index in [2.05, 4.69) is 54.5 Å². The first-order chi connectivity index (χ1) is 15.1. The van der Waals surface area contributed by atoms with E-state index in [1.54, 1.807) is 7.11 Å². The van der Waals surface area contributed by atoms with Gasteiger partial charge < -0.3 is 25.0 Å². The Hall–Kier alpha value is -1.06. The molecule has 2 fully saturated rings. The second-order valence-electron chi connectivity index (χ2n) is 9.05. The third-order valence-electron chi connectivity index (χ3n) is 6.73. The quantitative estimate of drug-likeness (QED) is 0.286. The number of nitrogens with one attached hydrogen (secondary N) is 2. The molecule has 6 nitrogen and oxygen atoms in total. The summed E-state index contributed by atoms with van der Waals surface area (Å²) in [5.41, 5.74) is 2.47. The lowest BCUT2D eigenvalue weighted by atomic mass is 9.73. The Bertz CT molecular complexity index is 714. The van der Waals surface area contributed by atoms with E-state index in [1.807, 2.05) is 0 Å². The Kier molecular flexibility index (Phi) is 11.6. The second kappa shape index (κ2) is 13.6. The molecule has 0 aliphatic carbocycles. The van der Waals surface area contributed by atoms with E-state index in [1.165, 1.54) is 50.0 Å². The fourth-order valence-electron chi connectivity index (χ4n) is 4.87. The summed E-state index contributed by atoms with van der Waals surface area (Å²) in [6.07, 6.45) is 5.51. The first kappa shape index (κ1) is 27.2. The van der Waals surface area contributed by atoms with E-state index in [9.17, 15) is 0 Å². The van der Waals surface area contributed by atoms with Crippen LogP contribution in [-0.2, 0) is 10.2 Å². The normalized spacial score (nSPS) is 19.8. The summed E-state index contributed by atoms with van der Waals surface area (Å²) in [7, 11) is 1.76. The van der Waals surface area contributed by atoms with Gasteiger partial charge in [-0.3, -0.25) is 4.99 Å². The van der Waals surface area contributed by atoms with Gasteiger partial charge in [0.05, 0.1) is 13.7 Å². The highest BCUT2D eigenvalue weighted by Crippen LogP contribution is 2.40. The summed E-state index contributed by atoms with van der Waals surface area (Å²) < 4.78 is 11.5. The summed E-state index contributed by atoms with van der Waals surface area (Å²) in [5.74, 6) is 1.90. The van der Waals surface area contributed by atoms with E-state index in [4.69, 9.17) is 14.5 Å². The van der Waals surface area contributed by atoms with Crippen LogP contribution in [-0.4, -0.2) is 69.9 Å². The number of hydrogen-bond acceptors (Lipinski definition) is 4. The Labute approximate surface area is 211 Å². The van der Waals surface area contributed by atoms with Gasteiger partial charge in [-0.05, 0) is 58.6 Å². The Morgan fingerprint density at radius 1 is 1.22 bits per heavy atom. The van der Waals surface area contributed by atoms with Crippen molar-refractivity contribution < 1.29 is 9.47 Å². The van der Waals surface area contributed by atoms with Crippen LogP contribution >= 0.6 is 24.0 Å². The molecule has 2 aliphatic heterocycles. The molecule has 182 valence electrons. The van der Waals surface area contributed by atoms with Gasteiger partial charge >= 0.3 is 0 Å². The molecule has 0 saturated carbocycles. The molecule has 1 aromatic rings. The molecule has 0 atom stereocenters. The maximum atomic E-state index is 5.76. The van der Waals surface area contributed by atoms with Gasteiger partial charge in [-0.2, -0.15) is 0 Å². The number of benzene rings is 1. The predicted octanol–water partition coefficient (Wildman–Crippen LogP) is 4.10. The molecular weight excluding hydrogens is 515 g/mol. The molecule has 32 heavy (non-hydrogen) atoms. The number of methoxy groups -OCH3 is 1. The Morgan fingerprint density at radius 3 is 2.56 bits per heavy atom. The predicted molar refractivity (Wildman–Crippen MR) is 144 cm³/mol. The number of nitrogens with zero attached hydrogens (tertiary/aromatic N) is 2. The fourth-order valence-corrected chi connectivity index (χ4v) is 4.87. The topological polar surface area (TPSA) is 58.1 Å². The zero-order chi connectivity index (χ0) is 22.1.